The highest BCUT2D eigenvalue weighted by atomic mass is 16.5. The molecule has 0 radical (unpaired) electrons. The van der Waals surface area contributed by atoms with Gasteiger partial charge in [-0.25, -0.2) is 0 Å². The summed E-state index contributed by atoms with van der Waals surface area (Å²) in [5, 5.41) is 3.29. The smallest absolute Gasteiger partial charge is 0.302 e. The lowest BCUT2D eigenvalue weighted by Gasteiger charge is -2.04. The summed E-state index contributed by atoms with van der Waals surface area (Å²) in [6.45, 7) is 1.44. The fraction of sp³-hybridized carbons (Fsp3) is 0.364. The van der Waals surface area contributed by atoms with E-state index in [-0.39, 0.29) is 12.1 Å². The van der Waals surface area contributed by atoms with E-state index >= 15 is 0 Å². The van der Waals surface area contributed by atoms with Gasteiger partial charge in [0.25, 0.3) is 0 Å². The monoisotopic (exact) mass is 191 g/mol. The number of nitrogens with one attached hydrogen (secondary N) is 1. The van der Waals surface area contributed by atoms with E-state index in [2.05, 4.69) is 5.32 Å². The van der Waals surface area contributed by atoms with Gasteiger partial charge in [0.1, 0.15) is 6.10 Å². The van der Waals surface area contributed by atoms with Gasteiger partial charge in [0, 0.05) is 19.0 Å². The Morgan fingerprint density at radius 1 is 1.43 bits per heavy atom. The average molecular weight is 191 g/mol. The van der Waals surface area contributed by atoms with Crippen molar-refractivity contribution in [3.05, 3.63) is 30.3 Å². The highest BCUT2D eigenvalue weighted by Gasteiger charge is 2.40. The van der Waals surface area contributed by atoms with Gasteiger partial charge in [0.15, 0.2) is 0 Å². The fourth-order valence-corrected chi connectivity index (χ4v) is 1.42. The molecule has 3 nitrogen and oxygen atoms in total. The molecule has 1 fully saturated rings. The SMILES string of the molecule is CC(=O)OC1CC1Nc1ccccc1. The maximum Gasteiger partial charge on any atom is 0.302 e. The van der Waals surface area contributed by atoms with Crippen LogP contribution in [0.3, 0.4) is 0 Å². The van der Waals surface area contributed by atoms with E-state index in [0.29, 0.717) is 6.04 Å². The van der Waals surface area contributed by atoms with Crippen molar-refractivity contribution in [2.45, 2.75) is 25.5 Å². The third-order valence-corrected chi connectivity index (χ3v) is 2.18. The summed E-state index contributed by atoms with van der Waals surface area (Å²) in [5.74, 6) is -0.202. The van der Waals surface area contributed by atoms with Gasteiger partial charge < -0.3 is 10.1 Å². The minimum absolute atomic E-state index is 0.0627. The molecule has 2 atom stereocenters. The number of hydrogen-bond acceptors (Lipinski definition) is 3. The molecule has 0 aromatic heterocycles. The Bertz CT molecular complexity index is 323. The highest BCUT2D eigenvalue weighted by Crippen LogP contribution is 2.29. The first-order valence-corrected chi connectivity index (χ1v) is 4.74. The Kier molecular flexibility index (Phi) is 2.39. The maximum atomic E-state index is 10.6. The molecule has 2 rings (SSSR count). The average Bonchev–Trinajstić information content (AvgIpc) is 2.84. The molecule has 1 aromatic rings. The third kappa shape index (κ3) is 2.25. The van der Waals surface area contributed by atoms with E-state index in [4.69, 9.17) is 4.74 Å². The number of ether oxygens (including phenoxy) is 1. The molecular formula is C11H13NO2. The van der Waals surface area contributed by atoms with Crippen molar-refractivity contribution in [2.75, 3.05) is 5.32 Å². The molecule has 0 aliphatic heterocycles. The first kappa shape index (κ1) is 9.06. The molecule has 0 spiro atoms. The van der Waals surface area contributed by atoms with Gasteiger partial charge in [-0.05, 0) is 12.1 Å². The van der Waals surface area contributed by atoms with Crippen molar-refractivity contribution in [1.82, 2.24) is 0 Å². The van der Waals surface area contributed by atoms with E-state index in [1.54, 1.807) is 0 Å². The Morgan fingerprint density at radius 3 is 2.79 bits per heavy atom. The lowest BCUT2D eigenvalue weighted by atomic mass is 10.3. The van der Waals surface area contributed by atoms with Gasteiger partial charge in [-0.15, -0.1) is 0 Å². The van der Waals surface area contributed by atoms with E-state index in [0.717, 1.165) is 12.1 Å². The molecule has 1 aliphatic rings. The molecule has 0 heterocycles. The molecule has 14 heavy (non-hydrogen) atoms. The van der Waals surface area contributed by atoms with Gasteiger partial charge in [-0.1, -0.05) is 18.2 Å². The first-order valence-electron chi connectivity index (χ1n) is 4.74. The zero-order chi connectivity index (χ0) is 9.97. The van der Waals surface area contributed by atoms with Crippen LogP contribution in [0.5, 0.6) is 0 Å². The molecular weight excluding hydrogens is 178 g/mol. The van der Waals surface area contributed by atoms with Crippen molar-refractivity contribution in [3.8, 4) is 0 Å². The summed E-state index contributed by atoms with van der Waals surface area (Å²) >= 11 is 0. The minimum Gasteiger partial charge on any atom is -0.460 e. The molecule has 3 heteroatoms. The zero-order valence-corrected chi connectivity index (χ0v) is 8.07. The van der Waals surface area contributed by atoms with Crippen LogP contribution in [0.2, 0.25) is 0 Å². The third-order valence-electron chi connectivity index (χ3n) is 2.18. The number of anilines is 1. The number of rotatable bonds is 3. The molecule has 0 saturated heterocycles. The maximum absolute atomic E-state index is 10.6. The number of para-hydroxylation sites is 1. The molecule has 1 aliphatic carbocycles. The predicted molar refractivity (Wildman–Crippen MR) is 54.0 cm³/mol. The van der Waals surface area contributed by atoms with Gasteiger partial charge in [0.2, 0.25) is 0 Å². The number of benzene rings is 1. The van der Waals surface area contributed by atoms with Crippen LogP contribution in [0.25, 0.3) is 0 Å². The summed E-state index contributed by atoms with van der Waals surface area (Å²) in [5.41, 5.74) is 1.08. The van der Waals surface area contributed by atoms with Crippen LogP contribution in [0.15, 0.2) is 30.3 Å². The predicted octanol–water partition coefficient (Wildman–Crippen LogP) is 1.80. The van der Waals surface area contributed by atoms with Crippen LogP contribution in [0.4, 0.5) is 5.69 Å². The highest BCUT2D eigenvalue weighted by molar-refractivity contribution is 5.66. The summed E-state index contributed by atoms with van der Waals surface area (Å²) in [4.78, 5) is 10.6. The van der Waals surface area contributed by atoms with Crippen LogP contribution >= 0.6 is 0 Å². The van der Waals surface area contributed by atoms with Gasteiger partial charge >= 0.3 is 5.97 Å². The number of carbonyl (C=O) groups is 1. The van der Waals surface area contributed by atoms with E-state index in [9.17, 15) is 4.79 Å². The summed E-state index contributed by atoms with van der Waals surface area (Å²) in [7, 11) is 0. The van der Waals surface area contributed by atoms with Crippen molar-refractivity contribution >= 4 is 11.7 Å². The lowest BCUT2D eigenvalue weighted by Crippen LogP contribution is -2.11. The molecule has 2 unspecified atom stereocenters. The second-order valence-corrected chi connectivity index (χ2v) is 3.50. The molecule has 0 amide bonds. The Balaban J connectivity index is 1.82. The molecule has 74 valence electrons. The lowest BCUT2D eigenvalue weighted by molar-refractivity contribution is -0.142. The van der Waals surface area contributed by atoms with E-state index in [1.807, 2.05) is 30.3 Å². The first-order chi connectivity index (χ1) is 6.75. The summed E-state index contributed by atoms with van der Waals surface area (Å²) < 4.78 is 5.04. The topological polar surface area (TPSA) is 38.3 Å². The van der Waals surface area contributed by atoms with Crippen molar-refractivity contribution < 1.29 is 9.53 Å². The van der Waals surface area contributed by atoms with Crippen LogP contribution in [0.1, 0.15) is 13.3 Å². The molecule has 0 bridgehead atoms. The fourth-order valence-electron chi connectivity index (χ4n) is 1.42. The Hall–Kier alpha value is -1.51. The minimum atomic E-state index is -0.202. The Labute approximate surface area is 83.1 Å². The van der Waals surface area contributed by atoms with Crippen molar-refractivity contribution in [1.29, 1.82) is 0 Å². The van der Waals surface area contributed by atoms with E-state index < -0.39 is 0 Å². The van der Waals surface area contributed by atoms with Crippen LogP contribution in [-0.4, -0.2) is 18.1 Å². The molecule has 1 N–H and O–H groups in total. The zero-order valence-electron chi connectivity index (χ0n) is 8.07. The second-order valence-electron chi connectivity index (χ2n) is 3.50. The quantitative estimate of drug-likeness (QED) is 0.740. The number of carbonyl (C=O) groups excluding carboxylic acids is 1. The van der Waals surface area contributed by atoms with Crippen molar-refractivity contribution in [2.24, 2.45) is 0 Å². The van der Waals surface area contributed by atoms with Gasteiger partial charge in [0.05, 0.1) is 6.04 Å². The molecule has 1 saturated carbocycles. The largest absolute Gasteiger partial charge is 0.460 e. The number of esters is 1. The second kappa shape index (κ2) is 3.70. The normalized spacial score (nSPS) is 24.1. The van der Waals surface area contributed by atoms with Crippen LogP contribution < -0.4 is 5.32 Å². The standard InChI is InChI=1S/C11H13NO2/c1-8(13)14-11-7-10(11)12-9-5-3-2-4-6-9/h2-6,10-12H,7H2,1H3. The summed E-state index contributed by atoms with van der Waals surface area (Å²) in [6, 6.07) is 10.2. The van der Waals surface area contributed by atoms with Gasteiger partial charge in [-0.3, -0.25) is 4.79 Å². The Morgan fingerprint density at radius 2 is 2.14 bits per heavy atom. The van der Waals surface area contributed by atoms with Crippen molar-refractivity contribution in [3.63, 3.8) is 0 Å². The molecule has 1 aromatic carbocycles. The van der Waals surface area contributed by atoms with Gasteiger partial charge in [-0.2, -0.15) is 0 Å². The summed E-state index contributed by atoms with van der Waals surface area (Å²) in [6.07, 6.45) is 0.974. The van der Waals surface area contributed by atoms with E-state index in [1.165, 1.54) is 6.92 Å². The van der Waals surface area contributed by atoms with Crippen LogP contribution in [0, 0.1) is 0 Å². The number of hydrogen-bond donors (Lipinski definition) is 1. The van der Waals surface area contributed by atoms with Crippen LogP contribution in [-0.2, 0) is 9.53 Å².